The zero-order chi connectivity index (χ0) is 18.2. The van der Waals surface area contributed by atoms with E-state index in [4.69, 9.17) is 9.47 Å². The molecule has 2 aliphatic heterocycles. The second kappa shape index (κ2) is 6.70. The monoisotopic (exact) mass is 377 g/mol. The van der Waals surface area contributed by atoms with Crippen LogP contribution in [0.1, 0.15) is 16.5 Å². The third kappa shape index (κ3) is 2.96. The van der Waals surface area contributed by atoms with Gasteiger partial charge in [0.2, 0.25) is 5.95 Å². The lowest BCUT2D eigenvalue weighted by Gasteiger charge is -2.23. The first kappa shape index (κ1) is 16.3. The highest BCUT2D eigenvalue weighted by atomic mass is 32.2. The number of hydrogen-bond donors (Lipinski definition) is 1. The molecule has 2 aromatic carbocycles. The van der Waals surface area contributed by atoms with Gasteiger partial charge in [0.25, 0.3) is 0 Å². The van der Waals surface area contributed by atoms with Gasteiger partial charge in [0, 0.05) is 18.2 Å². The van der Waals surface area contributed by atoms with Crippen LogP contribution in [0, 0.1) is 0 Å². The molecule has 0 saturated heterocycles. The highest BCUT2D eigenvalue weighted by Gasteiger charge is 2.27. The highest BCUT2D eigenvalue weighted by molar-refractivity contribution is 8.02. The largest absolute Gasteiger partial charge is 0.497 e. The zero-order valence-electron chi connectivity index (χ0n) is 14.9. The molecule has 1 N–H and O–H groups in total. The van der Waals surface area contributed by atoms with Gasteiger partial charge in [-0.2, -0.15) is 0 Å². The normalized spacial score (nSPS) is 17.8. The topological polar surface area (TPSA) is 50.4 Å². The van der Waals surface area contributed by atoms with Crippen LogP contribution in [0.3, 0.4) is 0 Å². The van der Waals surface area contributed by atoms with Gasteiger partial charge in [-0.15, -0.1) is 11.8 Å². The molecule has 0 spiro atoms. The smallest absolute Gasteiger partial charge is 0.208 e. The number of anilines is 1. The van der Waals surface area contributed by atoms with Crippen molar-refractivity contribution >= 4 is 17.7 Å². The molecule has 0 aliphatic carbocycles. The predicted octanol–water partition coefficient (Wildman–Crippen LogP) is 4.74. The molecule has 3 aromatic rings. The number of ether oxygens (including phenoxy) is 2. The van der Waals surface area contributed by atoms with Gasteiger partial charge in [0.15, 0.2) is 0 Å². The van der Waals surface area contributed by atoms with Crippen molar-refractivity contribution < 1.29 is 9.47 Å². The van der Waals surface area contributed by atoms with Gasteiger partial charge in [0.05, 0.1) is 25.6 Å². The van der Waals surface area contributed by atoms with E-state index >= 15 is 0 Å². The lowest BCUT2D eigenvalue weighted by Crippen LogP contribution is -2.18. The zero-order valence-corrected chi connectivity index (χ0v) is 15.7. The molecule has 0 fully saturated rings. The SMILES string of the molecule is COc1cccc(-c2cnc(N3C=CSC3c3ccc4c(c3)CCO4)[nH]2)c1. The van der Waals surface area contributed by atoms with E-state index < -0.39 is 0 Å². The Morgan fingerprint density at radius 2 is 2.22 bits per heavy atom. The van der Waals surface area contributed by atoms with Gasteiger partial charge >= 0.3 is 0 Å². The van der Waals surface area contributed by atoms with Gasteiger partial charge in [-0.1, -0.05) is 18.2 Å². The number of imidazole rings is 1. The van der Waals surface area contributed by atoms with Gasteiger partial charge in [0.1, 0.15) is 16.9 Å². The van der Waals surface area contributed by atoms with Crippen LogP contribution in [-0.4, -0.2) is 23.7 Å². The molecular formula is C21H19N3O2S. The van der Waals surface area contributed by atoms with Gasteiger partial charge in [-0.25, -0.2) is 4.98 Å². The fourth-order valence-electron chi connectivity index (χ4n) is 3.48. The second-order valence-corrected chi connectivity index (χ2v) is 7.49. The summed E-state index contributed by atoms with van der Waals surface area (Å²) >= 11 is 1.78. The molecule has 3 heterocycles. The van der Waals surface area contributed by atoms with Crippen molar-refractivity contribution in [3.8, 4) is 22.8 Å². The van der Waals surface area contributed by atoms with Crippen LogP contribution in [0.4, 0.5) is 5.95 Å². The Labute approximate surface area is 162 Å². The number of rotatable bonds is 4. The lowest BCUT2D eigenvalue weighted by atomic mass is 10.1. The van der Waals surface area contributed by atoms with E-state index in [-0.39, 0.29) is 5.37 Å². The van der Waals surface area contributed by atoms with Crippen molar-refractivity contribution in [1.82, 2.24) is 9.97 Å². The molecule has 136 valence electrons. The van der Waals surface area contributed by atoms with Crippen LogP contribution in [0.25, 0.3) is 11.3 Å². The summed E-state index contributed by atoms with van der Waals surface area (Å²) in [6.07, 6.45) is 4.93. The van der Waals surface area contributed by atoms with Crippen molar-refractivity contribution in [1.29, 1.82) is 0 Å². The van der Waals surface area contributed by atoms with Crippen LogP contribution in [-0.2, 0) is 6.42 Å². The Balaban J connectivity index is 1.44. The molecular weight excluding hydrogens is 358 g/mol. The van der Waals surface area contributed by atoms with Crippen LogP contribution in [0.5, 0.6) is 11.5 Å². The molecule has 2 aliphatic rings. The highest BCUT2D eigenvalue weighted by Crippen LogP contribution is 2.42. The van der Waals surface area contributed by atoms with E-state index in [1.165, 1.54) is 11.1 Å². The minimum atomic E-state index is 0.167. The Morgan fingerprint density at radius 1 is 1.26 bits per heavy atom. The Morgan fingerprint density at radius 3 is 3.15 bits per heavy atom. The Hall–Kier alpha value is -2.86. The van der Waals surface area contributed by atoms with E-state index in [1.54, 1.807) is 18.9 Å². The van der Waals surface area contributed by atoms with Crippen LogP contribution >= 0.6 is 11.8 Å². The third-order valence-corrected chi connectivity index (χ3v) is 5.90. The van der Waals surface area contributed by atoms with Gasteiger partial charge in [-0.3, -0.25) is 0 Å². The van der Waals surface area contributed by atoms with E-state index in [1.807, 2.05) is 30.5 Å². The summed E-state index contributed by atoms with van der Waals surface area (Å²) in [5.41, 5.74) is 4.57. The number of aromatic nitrogens is 2. The number of aromatic amines is 1. The Kier molecular flexibility index (Phi) is 4.05. The summed E-state index contributed by atoms with van der Waals surface area (Å²) in [5, 5.41) is 2.28. The molecule has 27 heavy (non-hydrogen) atoms. The first-order valence-corrected chi connectivity index (χ1v) is 9.81. The van der Waals surface area contributed by atoms with Crippen molar-refractivity contribution in [3.05, 3.63) is 71.4 Å². The summed E-state index contributed by atoms with van der Waals surface area (Å²) in [7, 11) is 1.68. The molecule has 5 rings (SSSR count). The first-order valence-electron chi connectivity index (χ1n) is 8.87. The number of methoxy groups -OCH3 is 1. The standard InChI is InChI=1S/C21H19N3O2S/c1-25-17-4-2-3-14(12-17)18-13-22-21(23-18)24-8-10-27-20(24)16-5-6-19-15(11-16)7-9-26-19/h2-6,8,10-13,20H,7,9H2,1H3,(H,22,23). The Bertz CT molecular complexity index is 1010. The summed E-state index contributed by atoms with van der Waals surface area (Å²) in [6, 6.07) is 14.5. The van der Waals surface area contributed by atoms with Crippen molar-refractivity contribution in [2.75, 3.05) is 18.6 Å². The van der Waals surface area contributed by atoms with Crippen LogP contribution in [0.2, 0.25) is 0 Å². The van der Waals surface area contributed by atoms with Crippen molar-refractivity contribution in [3.63, 3.8) is 0 Å². The second-order valence-electron chi connectivity index (χ2n) is 6.50. The summed E-state index contributed by atoms with van der Waals surface area (Å²) in [5.74, 6) is 2.67. The number of thioether (sulfide) groups is 1. The summed E-state index contributed by atoms with van der Waals surface area (Å²) in [4.78, 5) is 10.2. The molecule has 0 amide bonds. The molecule has 0 saturated carbocycles. The van der Waals surface area contributed by atoms with Crippen LogP contribution in [0.15, 0.2) is 60.3 Å². The molecule has 5 nitrogen and oxygen atoms in total. The number of nitrogens with one attached hydrogen (secondary N) is 1. The number of fused-ring (bicyclic) bond motifs is 1. The molecule has 1 unspecified atom stereocenters. The lowest BCUT2D eigenvalue weighted by molar-refractivity contribution is 0.357. The minimum absolute atomic E-state index is 0.167. The third-order valence-electron chi connectivity index (χ3n) is 4.87. The fourth-order valence-corrected chi connectivity index (χ4v) is 4.43. The van der Waals surface area contributed by atoms with E-state index in [0.717, 1.165) is 41.7 Å². The fraction of sp³-hybridized carbons (Fsp3) is 0.190. The average molecular weight is 377 g/mol. The number of benzene rings is 2. The molecule has 0 radical (unpaired) electrons. The van der Waals surface area contributed by atoms with E-state index in [9.17, 15) is 0 Å². The number of nitrogens with zero attached hydrogens (tertiary/aromatic N) is 2. The predicted molar refractivity (Wildman–Crippen MR) is 108 cm³/mol. The minimum Gasteiger partial charge on any atom is -0.497 e. The number of hydrogen-bond acceptors (Lipinski definition) is 5. The number of H-pyrrole nitrogens is 1. The maximum absolute atomic E-state index is 5.63. The molecule has 1 aromatic heterocycles. The average Bonchev–Trinajstić information content (AvgIpc) is 3.46. The summed E-state index contributed by atoms with van der Waals surface area (Å²) < 4.78 is 11.0. The summed E-state index contributed by atoms with van der Waals surface area (Å²) in [6.45, 7) is 0.778. The van der Waals surface area contributed by atoms with Crippen molar-refractivity contribution in [2.45, 2.75) is 11.8 Å². The quantitative estimate of drug-likeness (QED) is 0.711. The molecule has 1 atom stereocenters. The maximum Gasteiger partial charge on any atom is 0.208 e. The molecule has 6 heteroatoms. The van der Waals surface area contributed by atoms with Gasteiger partial charge in [-0.05, 0) is 40.8 Å². The van der Waals surface area contributed by atoms with Crippen molar-refractivity contribution in [2.24, 2.45) is 0 Å². The molecule has 0 bridgehead atoms. The van der Waals surface area contributed by atoms with Gasteiger partial charge < -0.3 is 19.4 Å². The van der Waals surface area contributed by atoms with E-state index in [2.05, 4.69) is 44.7 Å². The first-order chi connectivity index (χ1) is 13.3. The van der Waals surface area contributed by atoms with Crippen LogP contribution < -0.4 is 14.4 Å². The van der Waals surface area contributed by atoms with E-state index in [0.29, 0.717) is 0 Å². The maximum atomic E-state index is 5.63.